The Morgan fingerprint density at radius 2 is 1.50 bits per heavy atom. The molecular weight excluding hydrogens is 491 g/mol. The van der Waals surface area contributed by atoms with Gasteiger partial charge in [0, 0.05) is 34.6 Å². The van der Waals surface area contributed by atoms with Crippen LogP contribution in [-0.4, -0.2) is 28.8 Å². The Bertz CT molecular complexity index is 1160. The molecule has 3 aromatic carbocycles. The third kappa shape index (κ3) is 7.59. The number of aryl methyl sites for hydroxylation is 2. The summed E-state index contributed by atoms with van der Waals surface area (Å²) in [5.41, 5.74) is 4.69. The minimum Gasteiger partial charge on any atom is -0.352 e. The number of nitrogens with one attached hydrogen (secondary N) is 1. The number of nitrogens with zero attached hydrogens (tertiary/aromatic N) is 1. The highest BCUT2D eigenvalue weighted by Gasteiger charge is 2.32. The number of hydrogen-bond donors (Lipinski definition) is 1. The number of hydrogen-bond acceptors (Lipinski definition) is 2. The van der Waals surface area contributed by atoms with E-state index in [9.17, 15) is 9.59 Å². The van der Waals surface area contributed by atoms with Crippen molar-refractivity contribution in [3.05, 3.63) is 105 Å². The van der Waals surface area contributed by atoms with Gasteiger partial charge in [-0.05, 0) is 50.5 Å². The van der Waals surface area contributed by atoms with Crippen molar-refractivity contribution in [2.75, 3.05) is 0 Å². The SMILES string of the molecule is CC[C@H](C)NC(=O)[C@H](Cc1ccccc1)N(Cc1c(Cl)cccc1Cl)C(=O)Cc1cc(C)cc(C)c1. The summed E-state index contributed by atoms with van der Waals surface area (Å²) in [4.78, 5) is 29.2. The monoisotopic (exact) mass is 524 g/mol. The van der Waals surface area contributed by atoms with Crippen molar-refractivity contribution in [2.45, 2.75) is 65.6 Å². The lowest BCUT2D eigenvalue weighted by molar-refractivity contribution is -0.141. The fourth-order valence-corrected chi connectivity index (χ4v) is 4.81. The number of carbonyl (C=O) groups is 2. The van der Waals surface area contributed by atoms with Crippen molar-refractivity contribution in [3.8, 4) is 0 Å². The third-order valence-corrected chi connectivity index (χ3v) is 7.01. The largest absolute Gasteiger partial charge is 0.352 e. The first kappa shape index (κ1) is 27.8. The topological polar surface area (TPSA) is 49.4 Å². The molecule has 6 heteroatoms. The maximum Gasteiger partial charge on any atom is 0.243 e. The van der Waals surface area contributed by atoms with Gasteiger partial charge in [0.15, 0.2) is 0 Å². The van der Waals surface area contributed by atoms with Crippen LogP contribution in [0.4, 0.5) is 0 Å². The van der Waals surface area contributed by atoms with Gasteiger partial charge >= 0.3 is 0 Å². The summed E-state index contributed by atoms with van der Waals surface area (Å²) in [7, 11) is 0. The summed E-state index contributed by atoms with van der Waals surface area (Å²) in [5.74, 6) is -0.346. The lowest BCUT2D eigenvalue weighted by Crippen LogP contribution is -2.52. The van der Waals surface area contributed by atoms with E-state index in [1.807, 2.05) is 70.2 Å². The first-order chi connectivity index (χ1) is 17.2. The van der Waals surface area contributed by atoms with Crippen molar-refractivity contribution in [2.24, 2.45) is 0 Å². The van der Waals surface area contributed by atoms with Gasteiger partial charge in [-0.2, -0.15) is 0 Å². The second kappa shape index (κ2) is 12.9. The summed E-state index contributed by atoms with van der Waals surface area (Å²) >= 11 is 13.0. The van der Waals surface area contributed by atoms with E-state index in [2.05, 4.69) is 11.4 Å². The van der Waals surface area contributed by atoms with E-state index < -0.39 is 6.04 Å². The first-order valence-corrected chi connectivity index (χ1v) is 13.1. The third-order valence-electron chi connectivity index (χ3n) is 6.30. The zero-order valence-corrected chi connectivity index (χ0v) is 22.9. The molecule has 2 amide bonds. The average molecular weight is 526 g/mol. The Morgan fingerprint density at radius 1 is 0.889 bits per heavy atom. The predicted octanol–water partition coefficient (Wildman–Crippen LogP) is 6.71. The molecule has 0 aliphatic rings. The molecule has 0 spiro atoms. The molecule has 0 aromatic heterocycles. The molecule has 0 fully saturated rings. The Hall–Kier alpha value is -2.82. The highest BCUT2D eigenvalue weighted by molar-refractivity contribution is 6.36. The second-order valence-electron chi connectivity index (χ2n) is 9.42. The first-order valence-electron chi connectivity index (χ1n) is 12.3. The van der Waals surface area contributed by atoms with Gasteiger partial charge in [-0.25, -0.2) is 0 Å². The Balaban J connectivity index is 2.04. The van der Waals surface area contributed by atoms with E-state index in [-0.39, 0.29) is 30.8 Å². The minimum atomic E-state index is -0.729. The number of amides is 2. The molecule has 1 N–H and O–H groups in total. The molecule has 3 aromatic rings. The molecule has 3 rings (SSSR count). The highest BCUT2D eigenvalue weighted by atomic mass is 35.5. The zero-order chi connectivity index (χ0) is 26.2. The van der Waals surface area contributed by atoms with Gasteiger partial charge in [-0.15, -0.1) is 0 Å². The van der Waals surface area contributed by atoms with Crippen molar-refractivity contribution >= 4 is 35.0 Å². The molecule has 0 radical (unpaired) electrons. The predicted molar refractivity (Wildman–Crippen MR) is 148 cm³/mol. The van der Waals surface area contributed by atoms with Crippen LogP contribution in [0.3, 0.4) is 0 Å². The smallest absolute Gasteiger partial charge is 0.243 e. The summed E-state index contributed by atoms with van der Waals surface area (Å²) in [5, 5.41) is 4.01. The fraction of sp³-hybridized carbons (Fsp3) is 0.333. The Morgan fingerprint density at radius 3 is 2.08 bits per heavy atom. The number of carbonyl (C=O) groups excluding carboxylic acids is 2. The van der Waals surface area contributed by atoms with Crippen molar-refractivity contribution in [1.82, 2.24) is 10.2 Å². The summed E-state index contributed by atoms with van der Waals surface area (Å²) in [6, 6.07) is 20.4. The van der Waals surface area contributed by atoms with E-state index in [0.29, 0.717) is 22.0 Å². The van der Waals surface area contributed by atoms with Gasteiger partial charge in [0.1, 0.15) is 6.04 Å². The number of halogens is 2. The maximum absolute atomic E-state index is 13.9. The van der Waals surface area contributed by atoms with Crippen molar-refractivity contribution < 1.29 is 9.59 Å². The molecular formula is C30H34Cl2N2O2. The van der Waals surface area contributed by atoms with Gasteiger partial charge in [0.05, 0.1) is 6.42 Å². The molecule has 0 aliphatic carbocycles. The van der Waals surface area contributed by atoms with Gasteiger partial charge < -0.3 is 10.2 Å². The second-order valence-corrected chi connectivity index (χ2v) is 10.2. The Labute approximate surface area is 224 Å². The van der Waals surface area contributed by atoms with E-state index in [0.717, 1.165) is 28.7 Å². The molecule has 190 valence electrons. The van der Waals surface area contributed by atoms with Crippen LogP contribution in [0, 0.1) is 13.8 Å². The molecule has 0 unspecified atom stereocenters. The van der Waals surface area contributed by atoms with E-state index in [1.165, 1.54) is 0 Å². The number of rotatable bonds is 10. The summed E-state index contributed by atoms with van der Waals surface area (Å²) in [6.07, 6.45) is 1.34. The molecule has 0 bridgehead atoms. The van der Waals surface area contributed by atoms with Crippen LogP contribution in [0.2, 0.25) is 10.0 Å². The van der Waals surface area contributed by atoms with E-state index in [4.69, 9.17) is 23.2 Å². The van der Waals surface area contributed by atoms with Crippen molar-refractivity contribution in [3.63, 3.8) is 0 Å². The molecule has 0 aliphatic heterocycles. The lowest BCUT2D eigenvalue weighted by Gasteiger charge is -2.33. The molecule has 0 heterocycles. The summed E-state index contributed by atoms with van der Waals surface area (Å²) in [6.45, 7) is 8.14. The standard InChI is InChI=1S/C30H34Cl2N2O2/c1-5-22(4)33-30(36)28(17-23-10-7-6-8-11-23)34(19-25-26(31)12-9-13-27(25)32)29(35)18-24-15-20(2)14-21(3)16-24/h6-16,22,28H,5,17-19H2,1-4H3,(H,33,36)/t22-,28-/m0/s1. The maximum atomic E-state index is 13.9. The van der Waals surface area contributed by atoms with Gasteiger partial charge in [0.25, 0.3) is 0 Å². The van der Waals surface area contributed by atoms with Crippen LogP contribution in [0.25, 0.3) is 0 Å². The van der Waals surface area contributed by atoms with Gasteiger partial charge in [-0.3, -0.25) is 9.59 Å². The number of benzene rings is 3. The molecule has 36 heavy (non-hydrogen) atoms. The fourth-order valence-electron chi connectivity index (χ4n) is 4.30. The Kier molecular flexibility index (Phi) is 9.98. The quantitative estimate of drug-likeness (QED) is 0.320. The van der Waals surface area contributed by atoms with Crippen LogP contribution in [0.1, 0.15) is 48.1 Å². The van der Waals surface area contributed by atoms with Gasteiger partial charge in [-0.1, -0.05) is 95.8 Å². The molecule has 4 nitrogen and oxygen atoms in total. The lowest BCUT2D eigenvalue weighted by atomic mass is 10.00. The molecule has 0 saturated heterocycles. The molecule has 2 atom stereocenters. The van der Waals surface area contributed by atoms with Gasteiger partial charge in [0.2, 0.25) is 11.8 Å². The van der Waals surface area contributed by atoms with Crippen LogP contribution in [0.5, 0.6) is 0 Å². The average Bonchev–Trinajstić information content (AvgIpc) is 2.82. The van der Waals surface area contributed by atoms with Crippen molar-refractivity contribution in [1.29, 1.82) is 0 Å². The van der Waals surface area contributed by atoms with Crippen LogP contribution < -0.4 is 5.32 Å². The van der Waals surface area contributed by atoms with Crippen LogP contribution in [0.15, 0.2) is 66.7 Å². The highest BCUT2D eigenvalue weighted by Crippen LogP contribution is 2.28. The van der Waals surface area contributed by atoms with E-state index >= 15 is 0 Å². The van der Waals surface area contributed by atoms with E-state index in [1.54, 1.807) is 23.1 Å². The minimum absolute atomic E-state index is 0.0175. The zero-order valence-electron chi connectivity index (χ0n) is 21.4. The normalized spacial score (nSPS) is 12.6. The molecule has 0 saturated carbocycles. The summed E-state index contributed by atoms with van der Waals surface area (Å²) < 4.78 is 0. The van der Waals surface area contributed by atoms with Crippen LogP contribution >= 0.6 is 23.2 Å². The van der Waals surface area contributed by atoms with Crippen LogP contribution in [-0.2, 0) is 29.0 Å².